The Kier molecular flexibility index (Phi) is 5.60. The van der Waals surface area contributed by atoms with Crippen LogP contribution in [0.5, 0.6) is 5.75 Å². The molecule has 0 N–H and O–H groups in total. The highest BCUT2D eigenvalue weighted by molar-refractivity contribution is 6.74. The van der Waals surface area contributed by atoms with Crippen LogP contribution in [0.25, 0.3) is 0 Å². The third-order valence-corrected chi connectivity index (χ3v) is 9.04. The first-order valence-corrected chi connectivity index (χ1v) is 11.3. The first-order valence-electron chi connectivity index (χ1n) is 8.42. The Morgan fingerprint density at radius 2 is 1.75 bits per heavy atom. The van der Waals surface area contributed by atoms with E-state index in [2.05, 4.69) is 38.8 Å². The minimum atomic E-state index is -1.97. The predicted molar refractivity (Wildman–Crippen MR) is 101 cm³/mol. The maximum absolute atomic E-state index is 12.7. The molecule has 0 saturated carbocycles. The second kappa shape index (κ2) is 7.30. The molecule has 0 spiro atoms. The van der Waals surface area contributed by atoms with Gasteiger partial charge in [0.05, 0.1) is 5.56 Å². The summed E-state index contributed by atoms with van der Waals surface area (Å²) in [5.74, 6) is 0.824. The summed E-state index contributed by atoms with van der Waals surface area (Å²) in [5.41, 5.74) is 1.62. The third kappa shape index (κ3) is 4.54. The molecule has 0 fully saturated rings. The van der Waals surface area contributed by atoms with Crippen LogP contribution in [0.2, 0.25) is 18.1 Å². The van der Waals surface area contributed by atoms with Crippen molar-refractivity contribution in [3.8, 4) is 5.75 Å². The monoisotopic (exact) mass is 341 g/mol. The number of carbonyl (C=O) groups excluding carboxylic acids is 1. The fraction of sp³-hybridized carbons (Fsp3) is 0.400. The number of hydrogen-bond donors (Lipinski definition) is 0. The van der Waals surface area contributed by atoms with Crippen LogP contribution >= 0.6 is 0 Å². The lowest BCUT2D eigenvalue weighted by atomic mass is 10.0. The summed E-state index contributed by atoms with van der Waals surface area (Å²) in [6.45, 7) is 11.0. The highest BCUT2D eigenvalue weighted by atomic mass is 28.4. The normalized spacial score (nSPS) is 12.0. The second-order valence-electron chi connectivity index (χ2n) is 7.60. The third-order valence-electron chi connectivity index (χ3n) is 4.69. The van der Waals surface area contributed by atoms with Gasteiger partial charge in [0.15, 0.2) is 5.78 Å². The molecule has 0 aliphatic carbocycles. The Hall–Kier alpha value is -1.94. The van der Waals surface area contributed by atoms with Gasteiger partial charge in [-0.05, 0) is 48.8 Å². The van der Waals surface area contributed by atoms with Crippen molar-refractivity contribution in [1.29, 1.82) is 0 Å². The molecular formula is C20H27NO2Si. The van der Waals surface area contributed by atoms with Crippen molar-refractivity contribution >= 4 is 14.1 Å². The number of pyridine rings is 1. The van der Waals surface area contributed by atoms with Gasteiger partial charge in [0.1, 0.15) is 5.75 Å². The summed E-state index contributed by atoms with van der Waals surface area (Å²) in [4.78, 5) is 17.0. The summed E-state index contributed by atoms with van der Waals surface area (Å²) in [5, 5.41) is 0.0944. The summed E-state index contributed by atoms with van der Waals surface area (Å²) in [6, 6.07) is 13.4. The van der Waals surface area contributed by atoms with Gasteiger partial charge in [-0.2, -0.15) is 0 Å². The van der Waals surface area contributed by atoms with Crippen molar-refractivity contribution in [1.82, 2.24) is 4.98 Å². The molecule has 0 bridgehead atoms. The molecule has 0 aliphatic heterocycles. The predicted octanol–water partition coefficient (Wildman–Crippen LogP) is 5.28. The molecule has 3 nitrogen and oxygen atoms in total. The molecular weight excluding hydrogens is 314 g/mol. The molecule has 2 aromatic rings. The van der Waals surface area contributed by atoms with E-state index >= 15 is 0 Å². The summed E-state index contributed by atoms with van der Waals surface area (Å²) in [7, 11) is -1.97. The van der Waals surface area contributed by atoms with Gasteiger partial charge in [-0.25, -0.2) is 0 Å². The average molecular weight is 342 g/mol. The van der Waals surface area contributed by atoms with E-state index in [1.54, 1.807) is 6.20 Å². The number of aromatic nitrogens is 1. The lowest BCUT2D eigenvalue weighted by Crippen LogP contribution is -2.44. The number of nitrogens with zero attached hydrogens (tertiary/aromatic N) is 1. The molecule has 128 valence electrons. The molecule has 24 heavy (non-hydrogen) atoms. The first kappa shape index (κ1) is 18.4. The van der Waals surface area contributed by atoms with Crippen molar-refractivity contribution in [2.45, 2.75) is 51.7 Å². The second-order valence-corrected chi connectivity index (χ2v) is 12.3. The number of hydrogen-bond acceptors (Lipinski definition) is 3. The quantitative estimate of drug-likeness (QED) is 0.530. The summed E-state index contributed by atoms with van der Waals surface area (Å²) < 4.78 is 6.37. The maximum atomic E-state index is 12.7. The number of ketones is 1. The Labute approximate surface area is 146 Å². The molecule has 1 heterocycles. The first-order chi connectivity index (χ1) is 11.2. The molecule has 0 aliphatic rings. The largest absolute Gasteiger partial charge is 0.543 e. The van der Waals surface area contributed by atoms with Crippen LogP contribution in [-0.4, -0.2) is 19.1 Å². The smallest absolute Gasteiger partial charge is 0.250 e. The number of carbonyl (C=O) groups is 1. The van der Waals surface area contributed by atoms with Crippen LogP contribution in [0.15, 0.2) is 48.7 Å². The highest BCUT2D eigenvalue weighted by Gasteiger charge is 2.39. The van der Waals surface area contributed by atoms with E-state index in [1.807, 2.05) is 42.5 Å². The Bertz CT molecular complexity index is 690. The molecule has 0 atom stereocenters. The zero-order chi connectivity index (χ0) is 17.8. The molecule has 0 amide bonds. The van der Waals surface area contributed by atoms with E-state index in [0.29, 0.717) is 18.4 Å². The van der Waals surface area contributed by atoms with E-state index in [9.17, 15) is 4.79 Å². The van der Waals surface area contributed by atoms with Gasteiger partial charge < -0.3 is 4.43 Å². The molecule has 1 aromatic carbocycles. The lowest BCUT2D eigenvalue weighted by Gasteiger charge is -2.36. The van der Waals surface area contributed by atoms with Crippen molar-refractivity contribution in [2.75, 3.05) is 0 Å². The fourth-order valence-electron chi connectivity index (χ4n) is 2.14. The molecule has 0 radical (unpaired) electrons. The molecule has 0 saturated heterocycles. The molecule has 4 heteroatoms. The van der Waals surface area contributed by atoms with E-state index in [1.165, 1.54) is 0 Å². The fourth-order valence-corrected chi connectivity index (χ4v) is 3.17. The van der Waals surface area contributed by atoms with Crippen molar-refractivity contribution in [3.05, 3.63) is 59.9 Å². The minimum absolute atomic E-state index is 0.0944. The SMILES string of the molecule is CC(C)(C)[Si](C)(C)Oc1ccccc1C(=O)CCc1ccccn1. The number of benzene rings is 1. The van der Waals surface area contributed by atoms with Gasteiger partial charge >= 0.3 is 0 Å². The average Bonchev–Trinajstić information content (AvgIpc) is 2.52. The highest BCUT2D eigenvalue weighted by Crippen LogP contribution is 2.38. The van der Waals surface area contributed by atoms with Crippen molar-refractivity contribution < 1.29 is 9.22 Å². The Balaban J connectivity index is 2.15. The molecule has 2 rings (SSSR count). The lowest BCUT2D eigenvalue weighted by molar-refractivity contribution is 0.0980. The van der Waals surface area contributed by atoms with Crippen LogP contribution in [0.4, 0.5) is 0 Å². The van der Waals surface area contributed by atoms with E-state index < -0.39 is 8.32 Å². The van der Waals surface area contributed by atoms with Gasteiger partial charge in [-0.3, -0.25) is 9.78 Å². The van der Waals surface area contributed by atoms with Crippen LogP contribution in [0, 0.1) is 0 Å². The topological polar surface area (TPSA) is 39.2 Å². The number of para-hydroxylation sites is 1. The van der Waals surface area contributed by atoms with E-state index in [4.69, 9.17) is 4.43 Å². The van der Waals surface area contributed by atoms with Crippen LogP contribution in [-0.2, 0) is 6.42 Å². The zero-order valence-corrected chi connectivity index (χ0v) is 16.3. The van der Waals surface area contributed by atoms with E-state index in [-0.39, 0.29) is 10.8 Å². The maximum Gasteiger partial charge on any atom is 0.250 e. The number of Topliss-reactive ketones (excluding diaryl/α,β-unsaturated/α-hetero) is 1. The van der Waals surface area contributed by atoms with Crippen LogP contribution < -0.4 is 4.43 Å². The molecule has 1 aromatic heterocycles. The molecule has 0 unspecified atom stereocenters. The number of aryl methyl sites for hydroxylation is 1. The van der Waals surface area contributed by atoms with Gasteiger partial charge in [-0.1, -0.05) is 39.0 Å². The summed E-state index contributed by atoms with van der Waals surface area (Å²) in [6.07, 6.45) is 2.84. The van der Waals surface area contributed by atoms with Gasteiger partial charge in [-0.15, -0.1) is 0 Å². The Morgan fingerprint density at radius 1 is 1.08 bits per heavy atom. The van der Waals surface area contributed by atoms with Crippen LogP contribution in [0.1, 0.15) is 43.2 Å². The van der Waals surface area contributed by atoms with Crippen molar-refractivity contribution in [2.24, 2.45) is 0 Å². The van der Waals surface area contributed by atoms with E-state index in [0.717, 1.165) is 11.4 Å². The van der Waals surface area contributed by atoms with Gasteiger partial charge in [0, 0.05) is 18.3 Å². The van der Waals surface area contributed by atoms with Gasteiger partial charge in [0.2, 0.25) is 0 Å². The Morgan fingerprint density at radius 3 is 2.38 bits per heavy atom. The minimum Gasteiger partial charge on any atom is -0.543 e. The standard InChI is InChI=1S/C20H27NO2Si/c1-20(2,3)24(4,5)23-19-12-7-6-11-17(19)18(22)14-13-16-10-8-9-15-21-16/h6-12,15H,13-14H2,1-5H3. The summed E-state index contributed by atoms with van der Waals surface area (Å²) >= 11 is 0. The van der Waals surface area contributed by atoms with Crippen LogP contribution in [0.3, 0.4) is 0 Å². The van der Waals surface area contributed by atoms with Gasteiger partial charge in [0.25, 0.3) is 8.32 Å². The van der Waals surface area contributed by atoms with Crippen molar-refractivity contribution in [3.63, 3.8) is 0 Å². The zero-order valence-electron chi connectivity index (χ0n) is 15.3. The number of rotatable bonds is 6.